The lowest BCUT2D eigenvalue weighted by atomic mass is 9.75. The smallest absolute Gasteiger partial charge is 0.490 e. The van der Waals surface area contributed by atoms with Gasteiger partial charge in [-0.3, -0.25) is 58.0 Å². The molecule has 0 radical (unpaired) electrons. The number of fused-ring (bicyclic) bond motifs is 4. The van der Waals surface area contributed by atoms with Crippen molar-refractivity contribution in [2.75, 3.05) is 102 Å². The van der Waals surface area contributed by atoms with Gasteiger partial charge in [-0.1, -0.05) is 127 Å². The monoisotopic (exact) mass is 2020 g/mol. The fourth-order valence-corrected chi connectivity index (χ4v) is 19.1. The third-order valence-corrected chi connectivity index (χ3v) is 27.3. The van der Waals surface area contributed by atoms with Crippen LogP contribution in [-0.2, 0) is 61.5 Å². The topological polar surface area (TPSA) is 344 Å². The summed E-state index contributed by atoms with van der Waals surface area (Å²) in [6.45, 7) is 24.4. The molecule has 0 bridgehead atoms. The highest BCUT2D eigenvalue weighted by Crippen LogP contribution is 2.45. The van der Waals surface area contributed by atoms with Crippen LogP contribution >= 0.6 is 0 Å². The number of rotatable bonds is 24. The van der Waals surface area contributed by atoms with Crippen molar-refractivity contribution in [3.63, 3.8) is 0 Å². The predicted molar refractivity (Wildman–Crippen MR) is 556 cm³/mol. The maximum absolute atomic E-state index is 13.5. The fourth-order valence-electron chi connectivity index (χ4n) is 18.7. The van der Waals surface area contributed by atoms with Crippen molar-refractivity contribution in [2.24, 2.45) is 5.92 Å². The molecule has 0 aromatic heterocycles. The Morgan fingerprint density at radius 1 is 0.367 bits per heavy atom. The van der Waals surface area contributed by atoms with Crippen LogP contribution in [0.2, 0.25) is 0 Å². The number of hydrogen-bond donors (Lipinski definition) is 0. The van der Waals surface area contributed by atoms with Crippen LogP contribution < -0.4 is 42.1 Å². The first-order chi connectivity index (χ1) is 70.0. The fraction of sp³-hybridized carbons (Fsp3) is 0.368. The molecule has 33 heteroatoms. The number of benzene rings is 9. The number of carbonyl (C=O) groups excluding carboxylic acids is 10. The summed E-state index contributed by atoms with van der Waals surface area (Å²) in [6, 6.07) is 52.6. The summed E-state index contributed by atoms with van der Waals surface area (Å²) >= 11 is 0. The number of nitrogens with zero attached hydrogens (tertiary/aromatic N) is 6. The Bertz CT molecular complexity index is 6810. The lowest BCUT2D eigenvalue weighted by Gasteiger charge is -2.32. The number of allylic oxidation sites excluding steroid dienone is 2. The minimum atomic E-state index is -3.83. The Morgan fingerprint density at radius 2 is 0.741 bits per heavy atom. The third kappa shape index (κ3) is 24.8. The zero-order valence-electron chi connectivity index (χ0n) is 86.7. The van der Waals surface area contributed by atoms with E-state index in [0.717, 1.165) is 114 Å². The molecule has 9 aromatic carbocycles. The van der Waals surface area contributed by atoms with Crippen molar-refractivity contribution in [2.45, 2.75) is 169 Å². The van der Waals surface area contributed by atoms with Crippen molar-refractivity contribution in [1.29, 1.82) is 0 Å². The molecule has 8 amide bonds. The van der Waals surface area contributed by atoms with Crippen LogP contribution in [0.4, 0.5) is 9.59 Å². The predicted octanol–water partition coefficient (Wildman–Crippen LogP) is 19.2. The van der Waals surface area contributed by atoms with Gasteiger partial charge in [-0.25, -0.2) is 9.59 Å². The Morgan fingerprint density at radius 3 is 1.11 bits per heavy atom. The van der Waals surface area contributed by atoms with Gasteiger partial charge in [0.05, 0.1) is 139 Å². The van der Waals surface area contributed by atoms with E-state index >= 15 is 0 Å². The molecule has 1 fully saturated rings. The van der Waals surface area contributed by atoms with Crippen molar-refractivity contribution in [3.05, 3.63) is 295 Å². The van der Waals surface area contributed by atoms with Gasteiger partial charge >= 0.3 is 29.4 Å². The average Bonchev–Trinajstić information content (AvgIpc) is 1.61. The van der Waals surface area contributed by atoms with Crippen LogP contribution in [0, 0.1) is 5.92 Å². The van der Waals surface area contributed by atoms with E-state index in [0.29, 0.717) is 112 Å². The molecule has 7 aliphatic heterocycles. The largest absolute Gasteiger partial charge is 0.493 e. The number of ketones is 2. The van der Waals surface area contributed by atoms with Crippen LogP contribution in [0.25, 0.3) is 16.7 Å². The van der Waals surface area contributed by atoms with E-state index in [1.807, 2.05) is 130 Å². The molecule has 9 aliphatic rings. The van der Waals surface area contributed by atoms with E-state index in [1.54, 1.807) is 130 Å². The molecule has 772 valence electrons. The zero-order valence-corrected chi connectivity index (χ0v) is 87.5. The van der Waals surface area contributed by atoms with E-state index < -0.39 is 33.0 Å². The summed E-state index contributed by atoms with van der Waals surface area (Å²) in [7, 11) is 8.24. The molecule has 147 heavy (non-hydrogen) atoms. The quantitative estimate of drug-likeness (QED) is 0.0235. The van der Waals surface area contributed by atoms with E-state index in [1.165, 1.54) is 71.8 Å². The lowest BCUT2D eigenvalue weighted by molar-refractivity contribution is 0.00578. The molecule has 0 N–H and O–H groups in total. The van der Waals surface area contributed by atoms with Crippen LogP contribution in [0.15, 0.2) is 206 Å². The van der Waals surface area contributed by atoms with Gasteiger partial charge in [-0.2, -0.15) is 8.42 Å². The van der Waals surface area contributed by atoms with Crippen molar-refractivity contribution in [3.8, 4) is 51.7 Å². The number of ether oxygens (including phenoxy) is 10. The second-order valence-electron chi connectivity index (χ2n) is 39.6. The van der Waals surface area contributed by atoms with Crippen LogP contribution in [-0.4, -0.2) is 229 Å². The molecule has 1 saturated heterocycles. The molecule has 2 aliphatic carbocycles. The highest BCUT2D eigenvalue weighted by molar-refractivity contribution is 7.86. The van der Waals surface area contributed by atoms with Gasteiger partial charge in [-0.15, -0.1) is 0 Å². The number of imide groups is 3. The maximum Gasteiger partial charge on any atom is 0.490 e. The van der Waals surface area contributed by atoms with Gasteiger partial charge in [0.1, 0.15) is 11.2 Å². The zero-order chi connectivity index (χ0) is 106. The minimum absolute atomic E-state index is 0.0124. The first kappa shape index (κ1) is 108. The maximum atomic E-state index is 13.5. The van der Waals surface area contributed by atoms with Gasteiger partial charge in [-0.05, 0) is 260 Å². The minimum Gasteiger partial charge on any atom is -0.493 e. The van der Waals surface area contributed by atoms with E-state index in [2.05, 4.69) is 41.3 Å². The van der Waals surface area contributed by atoms with E-state index in [9.17, 15) is 56.4 Å². The number of amides is 8. The summed E-state index contributed by atoms with van der Waals surface area (Å²) in [5, 5.41) is 0. The van der Waals surface area contributed by atoms with Gasteiger partial charge < -0.3 is 70.7 Å². The van der Waals surface area contributed by atoms with Gasteiger partial charge in [0.2, 0.25) is 0 Å². The highest BCUT2D eigenvalue weighted by atomic mass is 32.2. The number of hydrogen-bond acceptors (Lipinski definition) is 26. The molecule has 1 unspecified atom stereocenters. The molecule has 7 heterocycles. The van der Waals surface area contributed by atoms with Gasteiger partial charge in [0.15, 0.2) is 63.3 Å². The molecule has 0 saturated carbocycles. The van der Waals surface area contributed by atoms with Crippen molar-refractivity contribution >= 4 is 93.2 Å². The molecule has 1 atom stereocenters. The van der Waals surface area contributed by atoms with Crippen LogP contribution in [0.1, 0.15) is 242 Å². The first-order valence-electron chi connectivity index (χ1n) is 48.8. The normalized spacial score (nSPS) is 17.1. The molecule has 31 nitrogen and oxygen atoms in total. The average molecular weight is 2020 g/mol. The summed E-state index contributed by atoms with van der Waals surface area (Å²) in [4.78, 5) is 139. The molecular formula is C114H127BN6O25S. The second-order valence-corrected chi connectivity index (χ2v) is 41.2. The number of Topliss-reactive ketones (excluding diaryl/α,β-unsaturated/α-hetero) is 2. The molecule has 0 spiro atoms. The van der Waals surface area contributed by atoms with Gasteiger partial charge in [0.25, 0.3) is 35.4 Å². The van der Waals surface area contributed by atoms with E-state index in [-0.39, 0.29) is 115 Å². The van der Waals surface area contributed by atoms with Crippen molar-refractivity contribution in [1.82, 2.24) is 29.4 Å². The Balaban J connectivity index is 0.000000147. The molecule has 18 rings (SSSR count). The van der Waals surface area contributed by atoms with Gasteiger partial charge in [0, 0.05) is 51.4 Å². The van der Waals surface area contributed by atoms with E-state index in [4.69, 9.17) is 60.9 Å². The summed E-state index contributed by atoms with van der Waals surface area (Å²) in [6.07, 6.45) is 15.2. The first-order valence-corrected chi connectivity index (χ1v) is 50.6. The molecule has 9 aromatic rings. The standard InChI is InChI=1S/C29H28N2O4.C27H30N2O6.C23H23NO4.C19H18O7S.C16H28BNO4/c1-34-25-12-11-21(17-26(25)35-2)19-31-28(32)24-10-6-9-23(27(24)29(31)33)22-13-15-30(16-14-22)18-20-7-4-3-5-8-20;1-27(2,3)35-26(32)28-13-11-18(12-14-28)19-7-6-8-20-23(19)25(31)29(24(20)30)16-17-9-10-21(33-4)22(15-17)34-5;1-27-19-12-11-15(13-20(19)28-2)14-24-22(25)18-10-6-9-17(21(18)23(24)26)16-7-4-3-5-8-16;1-24-14-8-7-11(10-16(14)25-2)9-13-18(20)12-5-4-6-15(17(12)19(13)21)26-27(3,22)23;1-14(2,3)20-13(19)18-10-8-12(9-11-18)17-21-15(4,5)16(6,7)22-17/h3-13,17H,14-16,18-19H2,1-2H3;6-11,15H,12-14,16H2,1-5H3;6-7,9-13H,3-5,8,14H2,1-2H3;4-8,10,13H,9H2,1-3H3;8H,9-11H2,1-7H3. The lowest BCUT2D eigenvalue weighted by Crippen LogP contribution is -2.41. The highest BCUT2D eigenvalue weighted by Gasteiger charge is 2.53. The Kier molecular flexibility index (Phi) is 33.8. The number of methoxy groups -OCH3 is 8. The Labute approximate surface area is 858 Å². The molecular weight excluding hydrogens is 1900 g/mol. The van der Waals surface area contributed by atoms with Crippen molar-refractivity contribution < 1.29 is 117 Å². The Hall–Kier alpha value is -14.7. The summed E-state index contributed by atoms with van der Waals surface area (Å²) < 4.78 is 93.1. The third-order valence-electron chi connectivity index (χ3n) is 26.8. The summed E-state index contributed by atoms with van der Waals surface area (Å²) in [5.74, 6) is 0.985. The van der Waals surface area contributed by atoms with Crippen LogP contribution in [0.3, 0.4) is 0 Å². The summed E-state index contributed by atoms with van der Waals surface area (Å²) in [5.41, 5.74) is 12.6. The second kappa shape index (κ2) is 46.0. The number of carbonyl (C=O) groups is 10. The van der Waals surface area contributed by atoms with Crippen LogP contribution in [0.5, 0.6) is 51.7 Å². The SMILES string of the molecule is CC(C)(C)OC(=O)N1CC=C(B2OC(C)(C)C(C)(C)O2)CC1.COc1ccc(CC2C(=O)c3cccc(OS(C)(=O)=O)c3C2=O)cc1OC.COc1ccc(CN2C(=O)c3cccc(C4=CCCCC4)c3C2=O)cc1OC.COc1ccc(CN2C(=O)c3cccc(C4=CCN(C(=O)OC(C)(C)C)CC4)c3C2=O)cc1OC.COc1ccc(CN2C(=O)c3cccc(C4=CCN(Cc5ccccc5)CC4)c3C2=O)cc1OC.